The van der Waals surface area contributed by atoms with Crippen LogP contribution in [0.3, 0.4) is 0 Å². The van der Waals surface area contributed by atoms with Crippen molar-refractivity contribution in [1.82, 2.24) is 0 Å². The Morgan fingerprint density at radius 1 is 1.12 bits per heavy atom. The Morgan fingerprint density at radius 2 is 1.81 bits per heavy atom. The highest BCUT2D eigenvalue weighted by molar-refractivity contribution is 6.06. The Kier molecular flexibility index (Phi) is 5.51. The number of hydrogen-bond acceptors (Lipinski definition) is 4. The standard InChI is InChI=1S/C20H23N3O3/c1-22(17-10-6-3-7-11-17)20(24)15-12-13-18(19(14-15)23(25)26)21-16-8-4-2-5-9-16/h3,6-7,10-14,16,21H,2,4-5,8-9H2,1H3. The predicted octanol–water partition coefficient (Wildman–Crippen LogP) is 4.62. The number of carbonyl (C=O) groups excluding carboxylic acids is 1. The molecule has 1 aliphatic carbocycles. The van der Waals surface area contributed by atoms with E-state index in [0.29, 0.717) is 11.3 Å². The van der Waals surface area contributed by atoms with Gasteiger partial charge < -0.3 is 10.2 Å². The zero-order chi connectivity index (χ0) is 18.5. The molecule has 1 aliphatic rings. The molecule has 0 aromatic heterocycles. The molecular formula is C20H23N3O3. The first kappa shape index (κ1) is 17.9. The summed E-state index contributed by atoms with van der Waals surface area (Å²) in [6, 6.07) is 14.1. The minimum atomic E-state index is -0.426. The normalized spacial score (nSPS) is 14.7. The molecule has 1 N–H and O–H groups in total. The molecule has 26 heavy (non-hydrogen) atoms. The lowest BCUT2D eigenvalue weighted by Crippen LogP contribution is -2.26. The molecule has 6 heteroatoms. The second-order valence-corrected chi connectivity index (χ2v) is 6.67. The van der Waals surface area contributed by atoms with Crippen molar-refractivity contribution in [3.05, 3.63) is 64.2 Å². The van der Waals surface area contributed by atoms with Crippen molar-refractivity contribution in [2.75, 3.05) is 17.3 Å². The maximum Gasteiger partial charge on any atom is 0.293 e. The van der Waals surface area contributed by atoms with Gasteiger partial charge in [0.05, 0.1) is 4.92 Å². The van der Waals surface area contributed by atoms with Crippen LogP contribution in [0.2, 0.25) is 0 Å². The zero-order valence-corrected chi connectivity index (χ0v) is 14.9. The average Bonchev–Trinajstić information content (AvgIpc) is 2.68. The lowest BCUT2D eigenvalue weighted by molar-refractivity contribution is -0.384. The van der Waals surface area contributed by atoms with Gasteiger partial charge in [-0.25, -0.2) is 0 Å². The largest absolute Gasteiger partial charge is 0.377 e. The highest BCUT2D eigenvalue weighted by atomic mass is 16.6. The second-order valence-electron chi connectivity index (χ2n) is 6.67. The first-order valence-corrected chi connectivity index (χ1v) is 8.94. The van der Waals surface area contributed by atoms with E-state index in [1.807, 2.05) is 30.3 Å². The third kappa shape index (κ3) is 4.02. The van der Waals surface area contributed by atoms with E-state index in [1.165, 1.54) is 17.4 Å². The molecule has 2 aromatic carbocycles. The van der Waals surface area contributed by atoms with Crippen LogP contribution in [0.1, 0.15) is 42.5 Å². The molecule has 1 amide bonds. The summed E-state index contributed by atoms with van der Waals surface area (Å²) >= 11 is 0. The van der Waals surface area contributed by atoms with Crippen LogP contribution in [0.5, 0.6) is 0 Å². The number of nitro benzene ring substituents is 1. The fourth-order valence-electron chi connectivity index (χ4n) is 3.37. The van der Waals surface area contributed by atoms with Gasteiger partial charge in [0.15, 0.2) is 0 Å². The Balaban J connectivity index is 1.83. The van der Waals surface area contributed by atoms with Crippen LogP contribution in [-0.4, -0.2) is 23.9 Å². The summed E-state index contributed by atoms with van der Waals surface area (Å²) in [5.41, 5.74) is 1.48. The Bertz CT molecular complexity index is 786. The maximum absolute atomic E-state index is 12.7. The van der Waals surface area contributed by atoms with Gasteiger partial charge >= 0.3 is 0 Å². The van der Waals surface area contributed by atoms with Crippen LogP contribution < -0.4 is 10.2 Å². The number of para-hydroxylation sites is 1. The van der Waals surface area contributed by atoms with Gasteiger partial charge in [0, 0.05) is 30.4 Å². The number of benzene rings is 2. The molecule has 6 nitrogen and oxygen atoms in total. The van der Waals surface area contributed by atoms with Crippen molar-refractivity contribution in [1.29, 1.82) is 0 Å². The number of nitrogens with one attached hydrogen (secondary N) is 1. The zero-order valence-electron chi connectivity index (χ0n) is 14.9. The maximum atomic E-state index is 12.7. The molecule has 136 valence electrons. The first-order valence-electron chi connectivity index (χ1n) is 8.94. The molecule has 0 heterocycles. The van der Waals surface area contributed by atoms with Crippen molar-refractivity contribution in [3.63, 3.8) is 0 Å². The summed E-state index contributed by atoms with van der Waals surface area (Å²) < 4.78 is 0. The van der Waals surface area contributed by atoms with Crippen molar-refractivity contribution in [2.45, 2.75) is 38.1 Å². The van der Waals surface area contributed by atoms with E-state index in [-0.39, 0.29) is 17.6 Å². The van der Waals surface area contributed by atoms with Crippen LogP contribution in [0.25, 0.3) is 0 Å². The van der Waals surface area contributed by atoms with Crippen LogP contribution in [0.4, 0.5) is 17.1 Å². The van der Waals surface area contributed by atoms with Gasteiger partial charge in [-0.2, -0.15) is 0 Å². The number of nitrogens with zero attached hydrogens (tertiary/aromatic N) is 2. The van der Waals surface area contributed by atoms with Crippen molar-refractivity contribution in [2.24, 2.45) is 0 Å². The molecule has 0 unspecified atom stereocenters. The predicted molar refractivity (Wildman–Crippen MR) is 103 cm³/mol. The number of carbonyl (C=O) groups is 1. The van der Waals surface area contributed by atoms with E-state index in [0.717, 1.165) is 31.4 Å². The van der Waals surface area contributed by atoms with E-state index < -0.39 is 4.92 Å². The molecule has 0 aliphatic heterocycles. The van der Waals surface area contributed by atoms with E-state index >= 15 is 0 Å². The highest BCUT2D eigenvalue weighted by Crippen LogP contribution is 2.30. The Morgan fingerprint density at radius 3 is 2.46 bits per heavy atom. The van der Waals surface area contributed by atoms with Gasteiger partial charge in [-0.05, 0) is 37.1 Å². The van der Waals surface area contributed by atoms with Gasteiger partial charge in [0.25, 0.3) is 11.6 Å². The number of nitro groups is 1. The van der Waals surface area contributed by atoms with Gasteiger partial charge in [-0.15, -0.1) is 0 Å². The van der Waals surface area contributed by atoms with Crippen LogP contribution >= 0.6 is 0 Å². The van der Waals surface area contributed by atoms with Gasteiger partial charge in [0.2, 0.25) is 0 Å². The van der Waals surface area contributed by atoms with Crippen molar-refractivity contribution >= 4 is 23.0 Å². The number of amides is 1. The van der Waals surface area contributed by atoms with Gasteiger partial charge in [-0.1, -0.05) is 37.5 Å². The highest BCUT2D eigenvalue weighted by Gasteiger charge is 2.22. The molecule has 1 fully saturated rings. The smallest absolute Gasteiger partial charge is 0.293 e. The van der Waals surface area contributed by atoms with Crippen LogP contribution in [0.15, 0.2) is 48.5 Å². The molecule has 0 radical (unpaired) electrons. The molecule has 0 bridgehead atoms. The van der Waals surface area contributed by atoms with Gasteiger partial charge in [-0.3, -0.25) is 14.9 Å². The Hall–Kier alpha value is -2.89. The van der Waals surface area contributed by atoms with Crippen molar-refractivity contribution in [3.8, 4) is 0 Å². The molecule has 2 aromatic rings. The SMILES string of the molecule is CN(C(=O)c1ccc(NC2CCCCC2)c([N+](=O)[O-])c1)c1ccccc1. The first-order chi connectivity index (χ1) is 12.6. The monoisotopic (exact) mass is 353 g/mol. The molecule has 0 spiro atoms. The molecular weight excluding hydrogens is 330 g/mol. The fraction of sp³-hybridized carbons (Fsp3) is 0.350. The van der Waals surface area contributed by atoms with Crippen molar-refractivity contribution < 1.29 is 9.72 Å². The quantitative estimate of drug-likeness (QED) is 0.629. The fourth-order valence-corrected chi connectivity index (χ4v) is 3.37. The summed E-state index contributed by atoms with van der Waals surface area (Å²) in [6.07, 6.45) is 5.55. The third-order valence-corrected chi connectivity index (χ3v) is 4.85. The number of hydrogen-bond donors (Lipinski definition) is 1. The lowest BCUT2D eigenvalue weighted by Gasteiger charge is -2.24. The second kappa shape index (κ2) is 7.99. The Labute approximate surface area is 153 Å². The van der Waals surface area contributed by atoms with Gasteiger partial charge in [0.1, 0.15) is 5.69 Å². The van der Waals surface area contributed by atoms with E-state index in [9.17, 15) is 14.9 Å². The molecule has 3 rings (SSSR count). The van der Waals surface area contributed by atoms with E-state index in [2.05, 4.69) is 5.32 Å². The minimum absolute atomic E-state index is 0.0529. The molecule has 0 atom stereocenters. The summed E-state index contributed by atoms with van der Waals surface area (Å²) in [7, 11) is 1.66. The summed E-state index contributed by atoms with van der Waals surface area (Å²) in [4.78, 5) is 25.3. The van der Waals surface area contributed by atoms with Crippen LogP contribution in [-0.2, 0) is 0 Å². The lowest BCUT2D eigenvalue weighted by atomic mass is 9.95. The third-order valence-electron chi connectivity index (χ3n) is 4.85. The van der Waals surface area contributed by atoms with E-state index in [4.69, 9.17) is 0 Å². The summed E-state index contributed by atoms with van der Waals surface area (Å²) in [6.45, 7) is 0. The summed E-state index contributed by atoms with van der Waals surface area (Å²) in [5, 5.41) is 14.8. The molecule has 0 saturated heterocycles. The average molecular weight is 353 g/mol. The van der Waals surface area contributed by atoms with Crippen LogP contribution in [0, 0.1) is 10.1 Å². The summed E-state index contributed by atoms with van der Waals surface area (Å²) in [5.74, 6) is -0.275. The molecule has 1 saturated carbocycles. The number of anilines is 2. The number of rotatable bonds is 5. The topological polar surface area (TPSA) is 75.5 Å². The van der Waals surface area contributed by atoms with E-state index in [1.54, 1.807) is 19.2 Å². The minimum Gasteiger partial charge on any atom is -0.377 e.